The number of allylic oxidation sites excluding steroid dienone is 2. The van der Waals surface area contributed by atoms with E-state index in [1.165, 1.54) is 18.7 Å². The first-order valence-electron chi connectivity index (χ1n) is 8.80. The first-order chi connectivity index (χ1) is 12.7. The SMILES string of the molecule is CC(=O)NCCCN(C)c1nccc(C(C#N)=C2NC(C(C)(C)C)=CS2)n1. The Kier molecular flexibility index (Phi) is 6.86. The number of nitrogens with one attached hydrogen (secondary N) is 2. The number of hydrogen-bond donors (Lipinski definition) is 2. The maximum Gasteiger partial charge on any atom is 0.225 e. The molecule has 0 saturated heterocycles. The summed E-state index contributed by atoms with van der Waals surface area (Å²) in [4.78, 5) is 21.7. The number of amides is 1. The van der Waals surface area contributed by atoms with Crippen LogP contribution in [0.3, 0.4) is 0 Å². The molecule has 0 aliphatic carbocycles. The second kappa shape index (κ2) is 8.91. The van der Waals surface area contributed by atoms with Crippen molar-refractivity contribution in [2.45, 2.75) is 34.1 Å². The van der Waals surface area contributed by atoms with Crippen LogP contribution in [0.4, 0.5) is 5.95 Å². The maximum absolute atomic E-state index is 10.9. The van der Waals surface area contributed by atoms with Gasteiger partial charge in [-0.05, 0) is 17.9 Å². The van der Waals surface area contributed by atoms with Crippen LogP contribution >= 0.6 is 11.8 Å². The van der Waals surface area contributed by atoms with Crippen LogP contribution in [0.1, 0.15) is 39.8 Å². The van der Waals surface area contributed by atoms with Crippen LogP contribution in [0, 0.1) is 16.7 Å². The number of thioether (sulfide) groups is 1. The monoisotopic (exact) mass is 386 g/mol. The van der Waals surface area contributed by atoms with Gasteiger partial charge < -0.3 is 15.5 Å². The Hall–Kier alpha value is -2.53. The van der Waals surface area contributed by atoms with Crippen LogP contribution in [0.2, 0.25) is 0 Å². The van der Waals surface area contributed by atoms with E-state index in [0.29, 0.717) is 30.3 Å². The topological polar surface area (TPSA) is 93.9 Å². The molecule has 7 nitrogen and oxygen atoms in total. The van der Waals surface area contributed by atoms with Gasteiger partial charge in [0, 0.05) is 44.4 Å². The molecule has 2 N–H and O–H groups in total. The molecule has 0 atom stereocenters. The highest BCUT2D eigenvalue weighted by atomic mass is 32.2. The van der Waals surface area contributed by atoms with E-state index in [1.807, 2.05) is 17.4 Å². The van der Waals surface area contributed by atoms with E-state index < -0.39 is 0 Å². The van der Waals surface area contributed by atoms with E-state index in [0.717, 1.165) is 17.1 Å². The summed E-state index contributed by atoms with van der Waals surface area (Å²) in [6, 6.07) is 4.02. The average molecular weight is 387 g/mol. The second-order valence-corrected chi connectivity index (χ2v) is 8.22. The van der Waals surface area contributed by atoms with Gasteiger partial charge in [0.05, 0.1) is 10.7 Å². The Bertz CT molecular complexity index is 803. The van der Waals surface area contributed by atoms with Crippen molar-refractivity contribution in [2.75, 3.05) is 25.0 Å². The van der Waals surface area contributed by atoms with Crippen molar-refractivity contribution >= 4 is 29.2 Å². The van der Waals surface area contributed by atoms with Crippen LogP contribution in [-0.4, -0.2) is 36.0 Å². The fourth-order valence-corrected chi connectivity index (χ4v) is 3.45. The van der Waals surface area contributed by atoms with Gasteiger partial charge in [-0.15, -0.1) is 0 Å². The summed E-state index contributed by atoms with van der Waals surface area (Å²) in [5.74, 6) is 0.515. The molecular weight excluding hydrogens is 360 g/mol. The lowest BCUT2D eigenvalue weighted by molar-refractivity contribution is -0.118. The van der Waals surface area contributed by atoms with E-state index in [9.17, 15) is 10.1 Å². The molecule has 0 aromatic carbocycles. The summed E-state index contributed by atoms with van der Waals surface area (Å²) in [5.41, 5.74) is 2.17. The number of nitrogens with zero attached hydrogens (tertiary/aromatic N) is 4. The summed E-state index contributed by atoms with van der Waals surface area (Å²) >= 11 is 1.51. The van der Waals surface area contributed by atoms with Crippen molar-refractivity contribution in [2.24, 2.45) is 5.41 Å². The highest BCUT2D eigenvalue weighted by Crippen LogP contribution is 2.37. The van der Waals surface area contributed by atoms with E-state index in [2.05, 4.69) is 47.4 Å². The zero-order chi connectivity index (χ0) is 20.0. The van der Waals surface area contributed by atoms with E-state index >= 15 is 0 Å². The number of rotatable bonds is 6. The van der Waals surface area contributed by atoms with Crippen molar-refractivity contribution in [3.05, 3.63) is 34.1 Å². The molecule has 2 rings (SSSR count). The molecule has 0 bridgehead atoms. The van der Waals surface area contributed by atoms with Gasteiger partial charge in [0.25, 0.3) is 0 Å². The molecule has 27 heavy (non-hydrogen) atoms. The van der Waals surface area contributed by atoms with Crippen molar-refractivity contribution < 1.29 is 4.79 Å². The highest BCUT2D eigenvalue weighted by molar-refractivity contribution is 8.06. The number of carbonyl (C=O) groups is 1. The summed E-state index contributed by atoms with van der Waals surface area (Å²) < 4.78 is 0. The zero-order valence-electron chi connectivity index (χ0n) is 16.5. The standard InChI is InChI=1S/C19H26N6OS/c1-13(26)21-8-6-10-25(5)18-22-9-7-15(23-18)14(11-20)17-24-16(12-27-17)19(2,3)4/h7,9,12,24H,6,8,10H2,1-5H3,(H,21,26). The minimum Gasteiger partial charge on any atom is -0.356 e. The largest absolute Gasteiger partial charge is 0.356 e. The Morgan fingerprint density at radius 1 is 1.44 bits per heavy atom. The van der Waals surface area contributed by atoms with Gasteiger partial charge in [-0.2, -0.15) is 5.26 Å². The normalized spacial score (nSPS) is 15.5. The predicted octanol–water partition coefficient (Wildman–Crippen LogP) is 2.86. The fourth-order valence-electron chi connectivity index (χ4n) is 2.36. The Balaban J connectivity index is 2.13. The summed E-state index contributed by atoms with van der Waals surface area (Å²) in [6.07, 6.45) is 2.45. The second-order valence-electron chi connectivity index (χ2n) is 7.34. The first kappa shape index (κ1) is 20.8. The van der Waals surface area contributed by atoms with Crippen molar-refractivity contribution in [3.63, 3.8) is 0 Å². The molecule has 8 heteroatoms. The van der Waals surface area contributed by atoms with E-state index in [-0.39, 0.29) is 11.3 Å². The molecule has 0 spiro atoms. The quantitative estimate of drug-likeness (QED) is 0.573. The predicted molar refractivity (Wildman–Crippen MR) is 109 cm³/mol. The van der Waals surface area contributed by atoms with Crippen molar-refractivity contribution in [1.29, 1.82) is 5.26 Å². The first-order valence-corrected chi connectivity index (χ1v) is 9.68. The van der Waals surface area contributed by atoms with Crippen LogP contribution in [-0.2, 0) is 4.79 Å². The third-order valence-corrected chi connectivity index (χ3v) is 4.87. The third-order valence-electron chi connectivity index (χ3n) is 3.97. The molecule has 1 aromatic heterocycles. The molecule has 1 amide bonds. The minimum absolute atomic E-state index is 0.0136. The number of aromatic nitrogens is 2. The lowest BCUT2D eigenvalue weighted by Gasteiger charge is -2.21. The van der Waals surface area contributed by atoms with E-state index in [1.54, 1.807) is 12.3 Å². The average Bonchev–Trinajstić information content (AvgIpc) is 3.09. The van der Waals surface area contributed by atoms with Crippen LogP contribution in [0.5, 0.6) is 0 Å². The molecular formula is C19H26N6OS. The van der Waals surface area contributed by atoms with Gasteiger partial charge in [-0.1, -0.05) is 32.5 Å². The summed E-state index contributed by atoms with van der Waals surface area (Å²) in [6.45, 7) is 9.18. The molecule has 2 heterocycles. The van der Waals surface area contributed by atoms with Gasteiger partial charge in [-0.3, -0.25) is 4.79 Å². The van der Waals surface area contributed by atoms with Gasteiger partial charge in [0.1, 0.15) is 11.6 Å². The molecule has 0 fully saturated rings. The molecule has 144 valence electrons. The summed E-state index contributed by atoms with van der Waals surface area (Å²) in [7, 11) is 1.90. The number of anilines is 1. The maximum atomic E-state index is 10.9. The molecule has 1 aromatic rings. The van der Waals surface area contributed by atoms with Crippen LogP contribution < -0.4 is 15.5 Å². The lowest BCUT2D eigenvalue weighted by atomic mass is 9.93. The minimum atomic E-state index is -0.0361. The Morgan fingerprint density at radius 3 is 2.78 bits per heavy atom. The van der Waals surface area contributed by atoms with E-state index in [4.69, 9.17) is 0 Å². The number of carbonyl (C=O) groups excluding carboxylic acids is 1. The molecule has 0 unspecified atom stereocenters. The Labute approximate surface area is 164 Å². The van der Waals surface area contributed by atoms with Gasteiger partial charge in [-0.25, -0.2) is 9.97 Å². The van der Waals surface area contributed by atoms with Crippen LogP contribution in [0.25, 0.3) is 5.57 Å². The van der Waals surface area contributed by atoms with Crippen LogP contribution in [0.15, 0.2) is 28.4 Å². The molecule has 1 aliphatic rings. The smallest absolute Gasteiger partial charge is 0.225 e. The van der Waals surface area contributed by atoms with Gasteiger partial charge in [0.15, 0.2) is 0 Å². The number of hydrogen-bond acceptors (Lipinski definition) is 7. The van der Waals surface area contributed by atoms with Crippen molar-refractivity contribution in [3.8, 4) is 6.07 Å². The molecule has 0 radical (unpaired) electrons. The third kappa shape index (κ3) is 5.73. The highest BCUT2D eigenvalue weighted by Gasteiger charge is 2.25. The summed E-state index contributed by atoms with van der Waals surface area (Å²) in [5, 5.41) is 18.6. The molecule has 1 aliphatic heterocycles. The Morgan fingerprint density at radius 2 is 2.19 bits per heavy atom. The molecule has 0 saturated carbocycles. The zero-order valence-corrected chi connectivity index (χ0v) is 17.3. The van der Waals surface area contributed by atoms with Gasteiger partial charge in [0.2, 0.25) is 11.9 Å². The van der Waals surface area contributed by atoms with Crippen molar-refractivity contribution in [1.82, 2.24) is 20.6 Å². The lowest BCUT2D eigenvalue weighted by Crippen LogP contribution is -2.27. The van der Waals surface area contributed by atoms with Gasteiger partial charge >= 0.3 is 0 Å². The fraction of sp³-hybridized carbons (Fsp3) is 0.474. The number of nitriles is 1.